The number of rotatable bonds is 3. The Morgan fingerprint density at radius 2 is 2.16 bits per heavy atom. The predicted octanol–water partition coefficient (Wildman–Crippen LogP) is 3.63. The first-order valence-corrected chi connectivity index (χ1v) is 6.33. The number of carbonyl (C=O) groups is 1. The molecule has 0 N–H and O–H groups in total. The number of nitrogens with zero attached hydrogens (tertiary/aromatic N) is 2. The van der Waals surface area contributed by atoms with Crippen LogP contribution in [-0.4, -0.2) is 22.5 Å². The Labute approximate surface area is 120 Å². The molecule has 0 bridgehead atoms. The molecule has 6 heteroatoms. The van der Waals surface area contributed by atoms with E-state index in [1.165, 1.54) is 6.20 Å². The quantitative estimate of drug-likeness (QED) is 0.641. The molecule has 0 saturated carbocycles. The standard InChI is InChI=1S/C13H10Cl2N2O2/c1-2-19-13(18)10-7-16-12(17-11(10)15)8-4-3-5-9(14)6-8/h3-7H,2H2,1H3. The summed E-state index contributed by atoms with van der Waals surface area (Å²) in [5, 5.41) is 0.634. The fraction of sp³-hybridized carbons (Fsp3) is 0.154. The zero-order chi connectivity index (χ0) is 13.8. The van der Waals surface area contributed by atoms with Gasteiger partial charge >= 0.3 is 5.97 Å². The van der Waals surface area contributed by atoms with Gasteiger partial charge in [0.05, 0.1) is 6.61 Å². The van der Waals surface area contributed by atoms with Crippen LogP contribution in [0.4, 0.5) is 0 Å². The average Bonchev–Trinajstić information content (AvgIpc) is 2.38. The van der Waals surface area contributed by atoms with Gasteiger partial charge in [-0.25, -0.2) is 14.8 Å². The summed E-state index contributed by atoms with van der Waals surface area (Å²) in [6.45, 7) is 1.98. The van der Waals surface area contributed by atoms with Gasteiger partial charge in [-0.05, 0) is 19.1 Å². The van der Waals surface area contributed by atoms with Crippen LogP contribution in [0.3, 0.4) is 0 Å². The molecule has 2 aromatic rings. The topological polar surface area (TPSA) is 52.1 Å². The van der Waals surface area contributed by atoms with Gasteiger partial charge in [0.1, 0.15) is 10.7 Å². The highest BCUT2D eigenvalue weighted by molar-refractivity contribution is 6.32. The maximum absolute atomic E-state index is 11.6. The number of carbonyl (C=O) groups excluding carboxylic acids is 1. The van der Waals surface area contributed by atoms with Gasteiger partial charge in [-0.3, -0.25) is 0 Å². The summed E-state index contributed by atoms with van der Waals surface area (Å²) in [7, 11) is 0. The molecular formula is C13H10Cl2N2O2. The fourth-order valence-corrected chi connectivity index (χ4v) is 1.87. The van der Waals surface area contributed by atoms with Crippen LogP contribution < -0.4 is 0 Å². The SMILES string of the molecule is CCOC(=O)c1cnc(-c2cccc(Cl)c2)nc1Cl. The van der Waals surface area contributed by atoms with Gasteiger partial charge in [0.25, 0.3) is 0 Å². The lowest BCUT2D eigenvalue weighted by Gasteiger charge is -2.05. The van der Waals surface area contributed by atoms with Gasteiger partial charge in [0.15, 0.2) is 5.82 Å². The van der Waals surface area contributed by atoms with Gasteiger partial charge in [-0.15, -0.1) is 0 Å². The Bertz CT molecular complexity index is 617. The highest BCUT2D eigenvalue weighted by atomic mass is 35.5. The van der Waals surface area contributed by atoms with Crippen molar-refractivity contribution in [3.05, 3.63) is 46.2 Å². The van der Waals surface area contributed by atoms with E-state index in [4.69, 9.17) is 27.9 Å². The van der Waals surface area contributed by atoms with Crippen molar-refractivity contribution in [1.82, 2.24) is 9.97 Å². The summed E-state index contributed by atoms with van der Waals surface area (Å²) in [5.41, 5.74) is 0.874. The highest BCUT2D eigenvalue weighted by Gasteiger charge is 2.14. The molecule has 0 aliphatic carbocycles. The van der Waals surface area contributed by atoms with Crippen LogP contribution in [0, 0.1) is 0 Å². The van der Waals surface area contributed by atoms with Crippen molar-refractivity contribution in [2.45, 2.75) is 6.92 Å². The first-order valence-electron chi connectivity index (χ1n) is 5.57. The largest absolute Gasteiger partial charge is 0.462 e. The number of ether oxygens (including phenoxy) is 1. The predicted molar refractivity (Wildman–Crippen MR) is 73.4 cm³/mol. The monoisotopic (exact) mass is 296 g/mol. The minimum Gasteiger partial charge on any atom is -0.462 e. The number of aromatic nitrogens is 2. The normalized spacial score (nSPS) is 10.3. The van der Waals surface area contributed by atoms with Crippen LogP contribution in [0.5, 0.6) is 0 Å². The van der Waals surface area contributed by atoms with Crippen LogP contribution in [0.1, 0.15) is 17.3 Å². The molecule has 1 heterocycles. The van der Waals surface area contributed by atoms with Crippen LogP contribution in [0.2, 0.25) is 10.2 Å². The molecule has 1 aromatic heterocycles. The van der Waals surface area contributed by atoms with Gasteiger partial charge in [0, 0.05) is 16.8 Å². The molecular weight excluding hydrogens is 287 g/mol. The lowest BCUT2D eigenvalue weighted by Crippen LogP contribution is -2.07. The minimum absolute atomic E-state index is 0.0587. The van der Waals surface area contributed by atoms with E-state index in [-0.39, 0.29) is 17.3 Å². The summed E-state index contributed by atoms with van der Waals surface area (Å²) >= 11 is 11.9. The van der Waals surface area contributed by atoms with Crippen molar-refractivity contribution < 1.29 is 9.53 Å². The van der Waals surface area contributed by atoms with E-state index in [2.05, 4.69) is 9.97 Å². The molecule has 19 heavy (non-hydrogen) atoms. The van der Waals surface area contributed by atoms with Crippen molar-refractivity contribution in [3.63, 3.8) is 0 Å². The molecule has 0 radical (unpaired) electrons. The van der Waals surface area contributed by atoms with Crippen molar-refractivity contribution in [1.29, 1.82) is 0 Å². The average molecular weight is 297 g/mol. The van der Waals surface area contributed by atoms with Crippen LogP contribution in [0.25, 0.3) is 11.4 Å². The minimum atomic E-state index is -0.537. The molecule has 0 unspecified atom stereocenters. The van der Waals surface area contributed by atoms with Crippen molar-refractivity contribution in [3.8, 4) is 11.4 Å². The number of hydrogen-bond acceptors (Lipinski definition) is 4. The lowest BCUT2D eigenvalue weighted by molar-refractivity contribution is 0.0525. The molecule has 98 valence electrons. The van der Waals surface area contributed by atoms with E-state index in [9.17, 15) is 4.79 Å². The second kappa shape index (κ2) is 5.99. The Hall–Kier alpha value is -1.65. The molecule has 1 aromatic carbocycles. The number of hydrogen-bond donors (Lipinski definition) is 0. The molecule has 0 aliphatic rings. The zero-order valence-corrected chi connectivity index (χ0v) is 11.6. The maximum atomic E-state index is 11.6. The van der Waals surface area contributed by atoms with Crippen molar-refractivity contribution in [2.24, 2.45) is 0 Å². The summed E-state index contributed by atoms with van der Waals surface area (Å²) in [6.07, 6.45) is 1.35. The van der Waals surface area contributed by atoms with Gasteiger partial charge < -0.3 is 4.74 Å². The van der Waals surface area contributed by atoms with Gasteiger partial charge in [-0.2, -0.15) is 0 Å². The number of esters is 1. The van der Waals surface area contributed by atoms with Gasteiger partial charge in [-0.1, -0.05) is 35.3 Å². The van der Waals surface area contributed by atoms with E-state index in [0.29, 0.717) is 10.8 Å². The first-order chi connectivity index (χ1) is 9.11. The smallest absolute Gasteiger partial charge is 0.342 e. The van der Waals surface area contributed by atoms with Crippen molar-refractivity contribution >= 4 is 29.2 Å². The van der Waals surface area contributed by atoms with E-state index in [0.717, 1.165) is 5.56 Å². The van der Waals surface area contributed by atoms with Crippen LogP contribution in [0.15, 0.2) is 30.5 Å². The molecule has 0 amide bonds. The summed E-state index contributed by atoms with van der Waals surface area (Å²) < 4.78 is 4.85. The summed E-state index contributed by atoms with van der Waals surface area (Å²) in [5.74, 6) is -0.134. The summed E-state index contributed by atoms with van der Waals surface area (Å²) in [4.78, 5) is 19.7. The Morgan fingerprint density at radius 3 is 2.79 bits per heavy atom. The van der Waals surface area contributed by atoms with E-state index in [1.54, 1.807) is 25.1 Å². The lowest BCUT2D eigenvalue weighted by atomic mass is 10.2. The third kappa shape index (κ3) is 3.22. The van der Waals surface area contributed by atoms with E-state index < -0.39 is 5.97 Å². The van der Waals surface area contributed by atoms with E-state index >= 15 is 0 Å². The Morgan fingerprint density at radius 1 is 1.37 bits per heavy atom. The molecule has 0 atom stereocenters. The summed E-state index contributed by atoms with van der Waals surface area (Å²) in [6, 6.07) is 7.06. The molecule has 4 nitrogen and oxygen atoms in total. The second-order valence-electron chi connectivity index (χ2n) is 3.63. The zero-order valence-electron chi connectivity index (χ0n) is 10.1. The Kier molecular flexibility index (Phi) is 4.35. The molecule has 0 spiro atoms. The highest BCUT2D eigenvalue weighted by Crippen LogP contribution is 2.22. The molecule has 0 aliphatic heterocycles. The van der Waals surface area contributed by atoms with Crippen LogP contribution >= 0.6 is 23.2 Å². The van der Waals surface area contributed by atoms with Crippen LogP contribution in [-0.2, 0) is 4.74 Å². The molecule has 0 saturated heterocycles. The third-order valence-electron chi connectivity index (χ3n) is 2.32. The number of halogens is 2. The van der Waals surface area contributed by atoms with Gasteiger partial charge in [0.2, 0.25) is 0 Å². The molecule has 0 fully saturated rings. The van der Waals surface area contributed by atoms with Crippen molar-refractivity contribution in [2.75, 3.05) is 6.61 Å². The fourth-order valence-electron chi connectivity index (χ4n) is 1.47. The first kappa shape index (κ1) is 13.8. The number of benzene rings is 1. The van der Waals surface area contributed by atoms with E-state index in [1.807, 2.05) is 6.07 Å². The third-order valence-corrected chi connectivity index (χ3v) is 2.84. The Balaban J connectivity index is 2.36. The maximum Gasteiger partial charge on any atom is 0.342 e. The second-order valence-corrected chi connectivity index (χ2v) is 4.42. The molecule has 2 rings (SSSR count).